The number of aromatic nitrogens is 7. The zero-order valence-electron chi connectivity index (χ0n) is 23.0. The molecule has 0 fully saturated rings. The first-order valence-electron chi connectivity index (χ1n) is 12.7. The highest BCUT2D eigenvalue weighted by atomic mass is 28.4. The van der Waals surface area contributed by atoms with Crippen molar-refractivity contribution in [2.24, 2.45) is 7.05 Å². The van der Waals surface area contributed by atoms with Crippen LogP contribution in [-0.4, -0.2) is 42.8 Å². The van der Waals surface area contributed by atoms with Gasteiger partial charge in [-0.1, -0.05) is 32.9 Å². The number of aryl methyl sites for hydroxylation is 1. The van der Waals surface area contributed by atoms with E-state index >= 15 is 0 Å². The molecule has 190 valence electrons. The first-order chi connectivity index (χ1) is 17.9. The van der Waals surface area contributed by atoms with E-state index in [1.165, 1.54) is 4.80 Å². The van der Waals surface area contributed by atoms with Crippen LogP contribution in [-0.2, 0) is 18.1 Å². The van der Waals surface area contributed by atoms with Crippen LogP contribution < -0.4 is 5.73 Å². The highest BCUT2D eigenvalue weighted by Crippen LogP contribution is 2.37. The zero-order valence-corrected chi connectivity index (χ0v) is 23.0. The van der Waals surface area contributed by atoms with E-state index in [9.17, 15) is 0 Å². The Labute approximate surface area is 218 Å². The van der Waals surface area contributed by atoms with Gasteiger partial charge in [0.25, 0.3) is 0 Å². The topological polar surface area (TPSA) is 110 Å². The summed E-state index contributed by atoms with van der Waals surface area (Å²) in [5, 5.41) is 8.52. The largest absolute Gasteiger partial charge is 0.413 e. The van der Waals surface area contributed by atoms with Crippen LogP contribution in [0.1, 0.15) is 27.7 Å². The number of hydrogen-bond donors (Lipinski definition) is 1. The van der Waals surface area contributed by atoms with E-state index in [-0.39, 0.29) is 11.2 Å². The molecule has 5 rings (SSSR count). The van der Waals surface area contributed by atoms with E-state index in [1.807, 2.05) is 34.9 Å². The molecular formula is C27H32N8OSi. The molecule has 2 N–H and O–H groups in total. The SMILES string of the molecule is [2H]c1nn(C)nc1-c1ccc2nc(-c3cccnc3N)n(-c3ccc(CO[Si](C)(C)C(C)(C)C)cc3)c2n1. The molecule has 0 unspecified atom stereocenters. The summed E-state index contributed by atoms with van der Waals surface area (Å²) in [6.45, 7) is 11.8. The third kappa shape index (κ3) is 4.77. The molecule has 9 nitrogen and oxygen atoms in total. The lowest BCUT2D eigenvalue weighted by molar-refractivity contribution is 0.276. The van der Waals surface area contributed by atoms with Crippen LogP contribution in [0.3, 0.4) is 0 Å². The van der Waals surface area contributed by atoms with Crippen LogP contribution >= 0.6 is 0 Å². The van der Waals surface area contributed by atoms with Gasteiger partial charge in [0, 0.05) is 18.9 Å². The maximum Gasteiger partial charge on any atom is 0.192 e. The summed E-state index contributed by atoms with van der Waals surface area (Å²) in [5.41, 5.74) is 11.2. The van der Waals surface area contributed by atoms with Crippen molar-refractivity contribution in [1.29, 1.82) is 0 Å². The monoisotopic (exact) mass is 513 g/mol. The minimum atomic E-state index is -1.87. The molecule has 0 spiro atoms. The number of pyridine rings is 2. The fraction of sp³-hybridized carbons (Fsp3) is 0.296. The van der Waals surface area contributed by atoms with Crippen molar-refractivity contribution < 1.29 is 5.80 Å². The van der Waals surface area contributed by atoms with Gasteiger partial charge in [-0.3, -0.25) is 4.57 Å². The van der Waals surface area contributed by atoms with Gasteiger partial charge in [0.1, 0.15) is 17.0 Å². The Balaban J connectivity index is 1.61. The van der Waals surface area contributed by atoms with Crippen molar-refractivity contribution in [2.75, 3.05) is 5.73 Å². The third-order valence-electron chi connectivity index (χ3n) is 6.97. The van der Waals surface area contributed by atoms with E-state index in [1.54, 1.807) is 19.3 Å². The molecule has 1 aromatic carbocycles. The lowest BCUT2D eigenvalue weighted by Crippen LogP contribution is -2.40. The van der Waals surface area contributed by atoms with Crippen LogP contribution in [0.4, 0.5) is 5.82 Å². The van der Waals surface area contributed by atoms with Gasteiger partial charge < -0.3 is 10.2 Å². The number of imidazole rings is 1. The van der Waals surface area contributed by atoms with Crippen molar-refractivity contribution in [3.8, 4) is 28.5 Å². The van der Waals surface area contributed by atoms with Crippen molar-refractivity contribution >= 4 is 25.3 Å². The molecule has 0 aliphatic carbocycles. The van der Waals surface area contributed by atoms with Gasteiger partial charge in [-0.05, 0) is 60.1 Å². The van der Waals surface area contributed by atoms with Gasteiger partial charge in [-0.15, -0.1) is 0 Å². The van der Waals surface area contributed by atoms with Gasteiger partial charge in [0.15, 0.2) is 19.8 Å². The average molecular weight is 514 g/mol. The van der Waals surface area contributed by atoms with Crippen molar-refractivity contribution in [1.82, 2.24) is 34.5 Å². The molecule has 0 amide bonds. The minimum Gasteiger partial charge on any atom is -0.413 e. The average Bonchev–Trinajstić information content (AvgIpc) is 3.41. The van der Waals surface area contributed by atoms with Crippen LogP contribution in [0.15, 0.2) is 60.9 Å². The maximum absolute atomic E-state index is 8.18. The van der Waals surface area contributed by atoms with Gasteiger partial charge in [-0.2, -0.15) is 15.0 Å². The number of fused-ring (bicyclic) bond motifs is 1. The quantitative estimate of drug-likeness (QED) is 0.303. The Morgan fingerprint density at radius 1 is 1.03 bits per heavy atom. The molecule has 0 saturated heterocycles. The molecule has 0 bridgehead atoms. The van der Waals surface area contributed by atoms with Gasteiger partial charge in [-0.25, -0.2) is 15.0 Å². The van der Waals surface area contributed by atoms with Crippen LogP contribution in [0.5, 0.6) is 0 Å². The summed E-state index contributed by atoms with van der Waals surface area (Å²) in [6, 6.07) is 15.6. The molecule has 0 aliphatic heterocycles. The number of nitrogens with two attached hydrogens (primary N) is 1. The van der Waals surface area contributed by atoms with Gasteiger partial charge in [0.05, 0.1) is 25.4 Å². The van der Waals surface area contributed by atoms with E-state index in [4.69, 9.17) is 21.5 Å². The smallest absolute Gasteiger partial charge is 0.192 e. The van der Waals surface area contributed by atoms with Gasteiger partial charge >= 0.3 is 0 Å². The standard InChI is InChI=1S/C27H32N8OSi/c1-27(2,3)37(5,6)36-17-18-9-11-19(12-10-18)35-25(20-8-7-15-29-24(20)28)32-22-14-13-21(31-26(22)35)23-16-30-34(4)33-23/h7-16H,17H2,1-6H3,(H2,28,29)/i16D. The first-order valence-corrected chi connectivity index (χ1v) is 15.1. The fourth-order valence-electron chi connectivity index (χ4n) is 3.76. The fourth-order valence-corrected chi connectivity index (χ4v) is 4.72. The summed E-state index contributed by atoms with van der Waals surface area (Å²) in [7, 11) is -0.181. The lowest BCUT2D eigenvalue weighted by atomic mass is 10.2. The number of nitrogen functional groups attached to an aromatic ring is 1. The normalized spacial score (nSPS) is 12.8. The molecule has 0 aliphatic rings. The van der Waals surface area contributed by atoms with Crippen LogP contribution in [0.2, 0.25) is 18.1 Å². The van der Waals surface area contributed by atoms with Crippen molar-refractivity contribution in [2.45, 2.75) is 45.5 Å². The summed E-state index contributed by atoms with van der Waals surface area (Å²) < 4.78 is 16.6. The van der Waals surface area contributed by atoms with E-state index in [0.29, 0.717) is 46.4 Å². The lowest BCUT2D eigenvalue weighted by Gasteiger charge is -2.36. The molecule has 0 atom stereocenters. The van der Waals surface area contributed by atoms with Crippen LogP contribution in [0, 0.1) is 0 Å². The predicted octanol–water partition coefficient (Wildman–Crippen LogP) is 5.38. The predicted molar refractivity (Wildman–Crippen MR) is 148 cm³/mol. The molecule has 0 saturated carbocycles. The Bertz CT molecular complexity index is 1620. The van der Waals surface area contributed by atoms with Crippen molar-refractivity contribution in [3.63, 3.8) is 0 Å². The number of rotatable bonds is 6. The Kier molecular flexibility index (Phi) is 5.84. The third-order valence-corrected chi connectivity index (χ3v) is 11.5. The number of hydrogen-bond acceptors (Lipinski definition) is 7. The Morgan fingerprint density at radius 2 is 1.78 bits per heavy atom. The number of nitrogens with zero attached hydrogens (tertiary/aromatic N) is 7. The van der Waals surface area contributed by atoms with E-state index in [0.717, 1.165) is 11.3 Å². The Hall–Kier alpha value is -3.89. The highest BCUT2D eigenvalue weighted by Gasteiger charge is 2.37. The Morgan fingerprint density at radius 3 is 2.43 bits per heavy atom. The number of benzene rings is 1. The molecular weight excluding hydrogens is 480 g/mol. The second kappa shape index (κ2) is 9.20. The summed E-state index contributed by atoms with van der Waals surface area (Å²) in [5.74, 6) is 1.01. The molecule has 10 heteroatoms. The van der Waals surface area contributed by atoms with E-state index in [2.05, 4.69) is 61.2 Å². The number of anilines is 1. The van der Waals surface area contributed by atoms with Crippen LogP contribution in [0.25, 0.3) is 39.6 Å². The first kappa shape index (κ1) is 23.5. The molecule has 0 radical (unpaired) electrons. The zero-order chi connectivity index (χ0) is 27.2. The summed E-state index contributed by atoms with van der Waals surface area (Å²) in [6.07, 6.45) is 1.72. The van der Waals surface area contributed by atoms with Crippen molar-refractivity contribution in [3.05, 3.63) is 66.5 Å². The summed E-state index contributed by atoms with van der Waals surface area (Å²) in [4.78, 5) is 15.4. The molecule has 37 heavy (non-hydrogen) atoms. The maximum atomic E-state index is 8.18. The molecule has 4 heterocycles. The second-order valence-electron chi connectivity index (χ2n) is 10.6. The highest BCUT2D eigenvalue weighted by molar-refractivity contribution is 6.74. The van der Waals surface area contributed by atoms with E-state index < -0.39 is 8.32 Å². The molecule has 5 aromatic rings. The minimum absolute atomic E-state index is 0.0632. The summed E-state index contributed by atoms with van der Waals surface area (Å²) >= 11 is 0. The molecule has 4 aromatic heterocycles. The second-order valence-corrected chi connectivity index (χ2v) is 15.4. The van der Waals surface area contributed by atoms with Gasteiger partial charge in [0.2, 0.25) is 0 Å².